The first-order valence-electron chi connectivity index (χ1n) is 5.32. The SMILES string of the molecule is C#CC(O)Cc1ccc2cc(C)ccc2c1. The molecule has 2 aromatic carbocycles. The monoisotopic (exact) mass is 210 g/mol. The number of aryl methyl sites for hydroxylation is 1. The lowest BCUT2D eigenvalue weighted by Gasteiger charge is -2.06. The molecule has 1 N–H and O–H groups in total. The molecule has 0 saturated heterocycles. The average molecular weight is 210 g/mol. The van der Waals surface area contributed by atoms with E-state index in [1.807, 2.05) is 6.07 Å². The van der Waals surface area contributed by atoms with Crippen LogP contribution >= 0.6 is 0 Å². The fraction of sp³-hybridized carbons (Fsp3) is 0.200. The summed E-state index contributed by atoms with van der Waals surface area (Å²) in [4.78, 5) is 0. The van der Waals surface area contributed by atoms with Gasteiger partial charge in [0.2, 0.25) is 0 Å². The van der Waals surface area contributed by atoms with Crippen LogP contribution in [0.1, 0.15) is 11.1 Å². The van der Waals surface area contributed by atoms with Crippen molar-refractivity contribution < 1.29 is 5.11 Å². The number of terminal acetylenes is 1. The zero-order valence-corrected chi connectivity index (χ0v) is 9.27. The van der Waals surface area contributed by atoms with Crippen LogP contribution in [-0.4, -0.2) is 11.2 Å². The van der Waals surface area contributed by atoms with Crippen molar-refractivity contribution in [2.75, 3.05) is 0 Å². The van der Waals surface area contributed by atoms with Gasteiger partial charge >= 0.3 is 0 Å². The van der Waals surface area contributed by atoms with Crippen LogP contribution in [0.3, 0.4) is 0 Å². The smallest absolute Gasteiger partial charge is 0.118 e. The van der Waals surface area contributed by atoms with Gasteiger partial charge in [-0.3, -0.25) is 0 Å². The van der Waals surface area contributed by atoms with Crippen molar-refractivity contribution in [2.45, 2.75) is 19.4 Å². The van der Waals surface area contributed by atoms with Gasteiger partial charge in [0.25, 0.3) is 0 Å². The molecule has 16 heavy (non-hydrogen) atoms. The molecule has 1 unspecified atom stereocenters. The molecule has 2 rings (SSSR count). The third-order valence-corrected chi connectivity index (χ3v) is 2.68. The predicted octanol–water partition coefficient (Wildman–Crippen LogP) is 2.68. The highest BCUT2D eigenvalue weighted by Gasteiger charge is 2.02. The van der Waals surface area contributed by atoms with Gasteiger partial charge in [-0.1, -0.05) is 47.9 Å². The Morgan fingerprint density at radius 1 is 1.19 bits per heavy atom. The average Bonchev–Trinajstić information content (AvgIpc) is 2.29. The molecule has 0 aromatic heterocycles. The summed E-state index contributed by atoms with van der Waals surface area (Å²) in [6.45, 7) is 2.08. The zero-order valence-electron chi connectivity index (χ0n) is 9.27. The highest BCUT2D eigenvalue weighted by atomic mass is 16.3. The summed E-state index contributed by atoms with van der Waals surface area (Å²) in [7, 11) is 0. The Morgan fingerprint density at radius 3 is 2.62 bits per heavy atom. The maximum Gasteiger partial charge on any atom is 0.118 e. The number of benzene rings is 2. The molecule has 0 heterocycles. The molecule has 2 aromatic rings. The van der Waals surface area contributed by atoms with Gasteiger partial charge in [0.1, 0.15) is 6.10 Å². The van der Waals surface area contributed by atoms with E-state index in [1.165, 1.54) is 16.3 Å². The topological polar surface area (TPSA) is 20.2 Å². The van der Waals surface area contributed by atoms with Crippen LogP contribution in [0, 0.1) is 19.3 Å². The van der Waals surface area contributed by atoms with Crippen molar-refractivity contribution >= 4 is 10.8 Å². The molecule has 0 aliphatic carbocycles. The minimum absolute atomic E-state index is 0.514. The van der Waals surface area contributed by atoms with Crippen LogP contribution in [0.2, 0.25) is 0 Å². The van der Waals surface area contributed by atoms with Crippen molar-refractivity contribution in [2.24, 2.45) is 0 Å². The summed E-state index contributed by atoms with van der Waals surface area (Å²) in [6, 6.07) is 12.5. The second-order valence-corrected chi connectivity index (χ2v) is 4.07. The molecule has 1 nitrogen and oxygen atoms in total. The molecule has 0 spiro atoms. The van der Waals surface area contributed by atoms with Crippen LogP contribution in [0.5, 0.6) is 0 Å². The molecule has 0 radical (unpaired) electrons. The maximum absolute atomic E-state index is 9.39. The molecule has 0 aliphatic heterocycles. The Balaban J connectivity index is 2.38. The van der Waals surface area contributed by atoms with Gasteiger partial charge in [-0.25, -0.2) is 0 Å². The molecule has 1 heteroatoms. The molecular formula is C15H14O. The molecule has 1 atom stereocenters. The van der Waals surface area contributed by atoms with E-state index in [0.717, 1.165) is 5.56 Å². The first kappa shape index (κ1) is 10.7. The van der Waals surface area contributed by atoms with Gasteiger partial charge in [0, 0.05) is 6.42 Å². The van der Waals surface area contributed by atoms with Crippen molar-refractivity contribution in [1.82, 2.24) is 0 Å². The van der Waals surface area contributed by atoms with Crippen molar-refractivity contribution in [1.29, 1.82) is 0 Å². The Labute approximate surface area is 95.7 Å². The third-order valence-electron chi connectivity index (χ3n) is 2.68. The fourth-order valence-electron chi connectivity index (χ4n) is 1.82. The second-order valence-electron chi connectivity index (χ2n) is 4.07. The quantitative estimate of drug-likeness (QED) is 0.756. The van der Waals surface area contributed by atoms with E-state index < -0.39 is 6.10 Å². The Hall–Kier alpha value is -1.78. The largest absolute Gasteiger partial charge is 0.380 e. The van der Waals surface area contributed by atoms with Gasteiger partial charge in [0.15, 0.2) is 0 Å². The number of aliphatic hydroxyl groups excluding tert-OH is 1. The van der Waals surface area contributed by atoms with Crippen LogP contribution in [0.25, 0.3) is 10.8 Å². The zero-order chi connectivity index (χ0) is 11.5. The van der Waals surface area contributed by atoms with Gasteiger partial charge in [-0.15, -0.1) is 6.42 Å². The predicted molar refractivity (Wildman–Crippen MR) is 67.2 cm³/mol. The molecular weight excluding hydrogens is 196 g/mol. The lowest BCUT2D eigenvalue weighted by atomic mass is 10.0. The number of aliphatic hydroxyl groups is 1. The minimum atomic E-state index is -0.692. The normalized spacial score (nSPS) is 12.3. The van der Waals surface area contributed by atoms with Crippen molar-refractivity contribution in [3.05, 3.63) is 47.5 Å². The van der Waals surface area contributed by atoms with Crippen LogP contribution in [0.4, 0.5) is 0 Å². The summed E-state index contributed by atoms with van der Waals surface area (Å²) < 4.78 is 0. The number of rotatable bonds is 2. The molecule has 0 saturated carbocycles. The van der Waals surface area contributed by atoms with Gasteiger partial charge in [0.05, 0.1) is 0 Å². The Kier molecular flexibility index (Phi) is 2.94. The lowest BCUT2D eigenvalue weighted by Crippen LogP contribution is -2.06. The third kappa shape index (κ3) is 2.24. The van der Waals surface area contributed by atoms with Crippen LogP contribution in [-0.2, 0) is 6.42 Å². The van der Waals surface area contributed by atoms with Crippen molar-refractivity contribution in [3.8, 4) is 12.3 Å². The van der Waals surface area contributed by atoms with Gasteiger partial charge in [-0.2, -0.15) is 0 Å². The van der Waals surface area contributed by atoms with E-state index in [1.54, 1.807) is 0 Å². The maximum atomic E-state index is 9.39. The summed E-state index contributed by atoms with van der Waals surface area (Å²) in [5.41, 5.74) is 2.32. The fourth-order valence-corrected chi connectivity index (χ4v) is 1.82. The van der Waals surface area contributed by atoms with Crippen LogP contribution < -0.4 is 0 Å². The Morgan fingerprint density at radius 2 is 1.88 bits per heavy atom. The van der Waals surface area contributed by atoms with E-state index in [2.05, 4.69) is 43.2 Å². The molecule has 0 amide bonds. The molecule has 80 valence electrons. The second kappa shape index (κ2) is 4.38. The molecule has 0 bridgehead atoms. The van der Waals surface area contributed by atoms with E-state index in [9.17, 15) is 5.11 Å². The number of hydrogen-bond acceptors (Lipinski definition) is 1. The summed E-state index contributed by atoms with van der Waals surface area (Å²) in [5.74, 6) is 2.33. The standard InChI is InChI=1S/C15H14O/c1-3-15(16)10-12-5-7-13-8-11(2)4-6-14(13)9-12/h1,4-9,15-16H,10H2,2H3. The summed E-state index contributed by atoms with van der Waals surface area (Å²) in [5, 5.41) is 11.8. The lowest BCUT2D eigenvalue weighted by molar-refractivity contribution is 0.233. The number of hydrogen-bond donors (Lipinski definition) is 1. The Bertz CT molecular complexity index is 549. The summed E-state index contributed by atoms with van der Waals surface area (Å²) >= 11 is 0. The highest BCUT2D eigenvalue weighted by molar-refractivity contribution is 5.83. The van der Waals surface area contributed by atoms with E-state index in [-0.39, 0.29) is 0 Å². The van der Waals surface area contributed by atoms with Gasteiger partial charge < -0.3 is 5.11 Å². The van der Waals surface area contributed by atoms with E-state index in [0.29, 0.717) is 6.42 Å². The first-order valence-corrected chi connectivity index (χ1v) is 5.32. The van der Waals surface area contributed by atoms with E-state index in [4.69, 9.17) is 6.42 Å². The van der Waals surface area contributed by atoms with E-state index >= 15 is 0 Å². The first-order chi connectivity index (χ1) is 7.69. The van der Waals surface area contributed by atoms with Crippen molar-refractivity contribution in [3.63, 3.8) is 0 Å². The molecule has 0 fully saturated rings. The minimum Gasteiger partial charge on any atom is -0.380 e. The molecule has 0 aliphatic rings. The highest BCUT2D eigenvalue weighted by Crippen LogP contribution is 2.18. The number of fused-ring (bicyclic) bond motifs is 1. The van der Waals surface area contributed by atoms with Crippen LogP contribution in [0.15, 0.2) is 36.4 Å². The summed E-state index contributed by atoms with van der Waals surface area (Å²) in [6.07, 6.45) is 4.97. The van der Waals surface area contributed by atoms with Gasteiger partial charge in [-0.05, 0) is 23.3 Å².